The Morgan fingerprint density at radius 1 is 1.46 bits per heavy atom. The predicted molar refractivity (Wildman–Crippen MR) is 101 cm³/mol. The van der Waals surface area contributed by atoms with Crippen LogP contribution in [0.2, 0.25) is 0 Å². The summed E-state index contributed by atoms with van der Waals surface area (Å²) in [5, 5.41) is 10.6. The fourth-order valence-corrected chi connectivity index (χ4v) is 3.01. The number of nitrogens with one attached hydrogen (secondary N) is 2. The van der Waals surface area contributed by atoms with Crippen LogP contribution in [0.4, 0.5) is 0 Å². The van der Waals surface area contributed by atoms with Crippen molar-refractivity contribution in [3.05, 3.63) is 57.8 Å². The van der Waals surface area contributed by atoms with Crippen molar-refractivity contribution in [2.75, 3.05) is 19.6 Å². The number of rotatable bonds is 4. The highest BCUT2D eigenvalue weighted by atomic mass is 79.9. The second-order valence-electron chi connectivity index (χ2n) is 5.53. The van der Waals surface area contributed by atoms with E-state index in [0.29, 0.717) is 12.1 Å². The molecule has 128 valence electrons. The quantitative estimate of drug-likeness (QED) is 0.760. The van der Waals surface area contributed by atoms with Crippen molar-refractivity contribution in [1.82, 2.24) is 20.4 Å². The summed E-state index contributed by atoms with van der Waals surface area (Å²) in [5.41, 5.74) is 3.64. The van der Waals surface area contributed by atoms with E-state index in [9.17, 15) is 4.79 Å². The summed E-state index contributed by atoms with van der Waals surface area (Å²) in [6, 6.07) is 7.85. The van der Waals surface area contributed by atoms with E-state index in [-0.39, 0.29) is 18.3 Å². The first-order chi connectivity index (χ1) is 11.1. The fraction of sp³-hybridized carbons (Fsp3) is 0.294. The Morgan fingerprint density at radius 2 is 2.29 bits per heavy atom. The molecule has 1 aliphatic rings. The van der Waals surface area contributed by atoms with E-state index in [0.717, 1.165) is 35.4 Å². The molecule has 2 N–H and O–H groups in total. The number of hydrogen-bond acceptors (Lipinski definition) is 3. The van der Waals surface area contributed by atoms with Gasteiger partial charge in [-0.3, -0.25) is 4.79 Å². The Morgan fingerprint density at radius 3 is 3.00 bits per heavy atom. The van der Waals surface area contributed by atoms with E-state index in [2.05, 4.69) is 37.7 Å². The second-order valence-corrected chi connectivity index (χ2v) is 6.45. The standard InChI is InChI=1S/C17H19BrN4O.ClH/c1-12-16(17(23)20-10-13-5-7-19-8-6-13)11-21-22(12)15-4-2-3-14(18)9-15;/h2-5,9,11,19H,6-8,10H2,1H3,(H,20,23);1H. The molecule has 1 aromatic heterocycles. The molecule has 1 amide bonds. The highest BCUT2D eigenvalue weighted by molar-refractivity contribution is 9.10. The number of halogens is 2. The van der Waals surface area contributed by atoms with Gasteiger partial charge in [0.1, 0.15) is 0 Å². The van der Waals surface area contributed by atoms with Gasteiger partial charge in [-0.25, -0.2) is 4.68 Å². The minimum atomic E-state index is -0.0804. The van der Waals surface area contributed by atoms with Crippen LogP contribution in [-0.4, -0.2) is 35.3 Å². The number of hydrogen-bond donors (Lipinski definition) is 2. The van der Waals surface area contributed by atoms with Crippen molar-refractivity contribution >= 4 is 34.2 Å². The van der Waals surface area contributed by atoms with E-state index in [1.54, 1.807) is 10.9 Å². The summed E-state index contributed by atoms with van der Waals surface area (Å²) in [7, 11) is 0. The highest BCUT2D eigenvalue weighted by Crippen LogP contribution is 2.18. The minimum Gasteiger partial charge on any atom is -0.348 e. The van der Waals surface area contributed by atoms with Crippen LogP contribution >= 0.6 is 28.3 Å². The van der Waals surface area contributed by atoms with Gasteiger partial charge < -0.3 is 10.6 Å². The maximum absolute atomic E-state index is 12.4. The van der Waals surface area contributed by atoms with Crippen LogP contribution in [0.5, 0.6) is 0 Å². The van der Waals surface area contributed by atoms with Crippen molar-refractivity contribution in [1.29, 1.82) is 0 Å². The van der Waals surface area contributed by atoms with E-state index in [1.807, 2.05) is 31.2 Å². The molecule has 24 heavy (non-hydrogen) atoms. The second kappa shape index (κ2) is 8.46. The average Bonchev–Trinajstić information content (AvgIpc) is 2.95. The number of aromatic nitrogens is 2. The molecule has 0 unspecified atom stereocenters. The van der Waals surface area contributed by atoms with E-state index < -0.39 is 0 Å². The molecule has 0 aliphatic carbocycles. The van der Waals surface area contributed by atoms with Gasteiger partial charge in [0, 0.05) is 17.6 Å². The van der Waals surface area contributed by atoms with Crippen molar-refractivity contribution < 1.29 is 4.79 Å². The molecule has 2 heterocycles. The van der Waals surface area contributed by atoms with Crippen LogP contribution in [0.3, 0.4) is 0 Å². The SMILES string of the molecule is Cc1c(C(=O)NCC2=CCNCC2)cnn1-c1cccc(Br)c1.Cl. The highest BCUT2D eigenvalue weighted by Gasteiger charge is 2.15. The first-order valence-electron chi connectivity index (χ1n) is 7.62. The minimum absolute atomic E-state index is 0. The number of carbonyl (C=O) groups excluding carboxylic acids is 1. The zero-order chi connectivity index (χ0) is 16.2. The summed E-state index contributed by atoms with van der Waals surface area (Å²) in [4.78, 5) is 12.4. The average molecular weight is 412 g/mol. The third kappa shape index (κ3) is 4.26. The summed E-state index contributed by atoms with van der Waals surface area (Å²) < 4.78 is 2.76. The molecule has 0 fully saturated rings. The molecular weight excluding hydrogens is 392 g/mol. The zero-order valence-corrected chi connectivity index (χ0v) is 15.8. The molecule has 0 radical (unpaired) electrons. The largest absolute Gasteiger partial charge is 0.348 e. The number of nitrogens with zero attached hydrogens (tertiary/aromatic N) is 2. The molecule has 5 nitrogen and oxygen atoms in total. The van der Waals surface area contributed by atoms with Crippen LogP contribution in [0.25, 0.3) is 5.69 Å². The first-order valence-corrected chi connectivity index (χ1v) is 8.42. The lowest BCUT2D eigenvalue weighted by molar-refractivity contribution is 0.0956. The summed E-state index contributed by atoms with van der Waals surface area (Å²) in [6.07, 6.45) is 4.75. The third-order valence-electron chi connectivity index (χ3n) is 3.94. The Hall–Kier alpha value is -1.63. The monoisotopic (exact) mass is 410 g/mol. The lowest BCUT2D eigenvalue weighted by Gasteiger charge is -2.14. The normalized spacial score (nSPS) is 13.8. The van der Waals surface area contributed by atoms with E-state index in [1.165, 1.54) is 5.57 Å². The fourth-order valence-electron chi connectivity index (χ4n) is 2.62. The lowest BCUT2D eigenvalue weighted by Crippen LogP contribution is -2.29. The topological polar surface area (TPSA) is 59.0 Å². The van der Waals surface area contributed by atoms with Gasteiger partial charge >= 0.3 is 0 Å². The Balaban J connectivity index is 0.00000208. The Bertz CT molecular complexity index is 757. The van der Waals surface area contributed by atoms with Crippen LogP contribution in [0.15, 0.2) is 46.6 Å². The van der Waals surface area contributed by atoms with E-state index >= 15 is 0 Å². The number of benzene rings is 1. The smallest absolute Gasteiger partial charge is 0.255 e. The van der Waals surface area contributed by atoms with Crippen molar-refractivity contribution in [2.24, 2.45) is 0 Å². The Kier molecular flexibility index (Phi) is 6.60. The molecule has 0 saturated carbocycles. The van der Waals surface area contributed by atoms with Gasteiger partial charge in [0.25, 0.3) is 5.91 Å². The maximum Gasteiger partial charge on any atom is 0.255 e. The van der Waals surface area contributed by atoms with Gasteiger partial charge in [0.15, 0.2) is 0 Å². The van der Waals surface area contributed by atoms with Crippen molar-refractivity contribution in [2.45, 2.75) is 13.3 Å². The molecule has 7 heteroatoms. The number of amides is 1. The van der Waals surface area contributed by atoms with Crippen molar-refractivity contribution in [3.63, 3.8) is 0 Å². The van der Waals surface area contributed by atoms with Gasteiger partial charge in [0.2, 0.25) is 0 Å². The van der Waals surface area contributed by atoms with Gasteiger partial charge in [-0.2, -0.15) is 5.10 Å². The van der Waals surface area contributed by atoms with E-state index in [4.69, 9.17) is 0 Å². The van der Waals surface area contributed by atoms with Gasteiger partial charge in [-0.15, -0.1) is 12.4 Å². The summed E-state index contributed by atoms with van der Waals surface area (Å²) in [5.74, 6) is -0.0804. The van der Waals surface area contributed by atoms with Crippen LogP contribution in [-0.2, 0) is 0 Å². The predicted octanol–water partition coefficient (Wildman–Crippen LogP) is 3.01. The zero-order valence-electron chi connectivity index (χ0n) is 13.4. The third-order valence-corrected chi connectivity index (χ3v) is 4.43. The molecule has 1 aromatic carbocycles. The van der Waals surface area contributed by atoms with Crippen molar-refractivity contribution in [3.8, 4) is 5.69 Å². The van der Waals surface area contributed by atoms with Gasteiger partial charge in [0.05, 0.1) is 23.1 Å². The molecule has 1 aliphatic heterocycles. The lowest BCUT2D eigenvalue weighted by atomic mass is 10.1. The Labute approximate surface area is 156 Å². The summed E-state index contributed by atoms with van der Waals surface area (Å²) >= 11 is 3.46. The van der Waals surface area contributed by atoms with Crippen LogP contribution in [0, 0.1) is 6.92 Å². The van der Waals surface area contributed by atoms with Gasteiger partial charge in [-0.05, 0) is 38.1 Å². The molecule has 2 aromatic rings. The van der Waals surface area contributed by atoms with Gasteiger partial charge in [-0.1, -0.05) is 33.6 Å². The molecule has 0 atom stereocenters. The maximum atomic E-state index is 12.4. The molecular formula is C17H20BrClN4O. The van der Waals surface area contributed by atoms with Crippen LogP contribution < -0.4 is 10.6 Å². The molecule has 0 spiro atoms. The first kappa shape index (κ1) is 18.7. The number of carbonyl (C=O) groups is 1. The van der Waals surface area contributed by atoms with Crippen LogP contribution in [0.1, 0.15) is 22.5 Å². The summed E-state index contributed by atoms with van der Waals surface area (Å²) in [6.45, 7) is 4.36. The molecule has 3 rings (SSSR count). The molecule has 0 saturated heterocycles. The molecule has 0 bridgehead atoms.